The normalized spacial score (nSPS) is 9.67. The van der Waals surface area contributed by atoms with E-state index >= 15 is 0 Å². The van der Waals surface area contributed by atoms with Crippen molar-refractivity contribution in [2.75, 3.05) is 0 Å². The van der Waals surface area contributed by atoms with Crippen LogP contribution < -0.4 is 0 Å². The lowest BCUT2D eigenvalue weighted by atomic mass is 10.2. The quantitative estimate of drug-likeness (QED) is 0.779. The molecule has 0 unspecified atom stereocenters. The maximum atomic E-state index is 8.52. The van der Waals surface area contributed by atoms with Crippen LogP contribution in [0.4, 0.5) is 0 Å². The van der Waals surface area contributed by atoms with Gasteiger partial charge in [0.15, 0.2) is 0 Å². The Balaban J connectivity index is 0. The molecular formula is C16H31NO. The Bertz CT molecular complexity index is 192. The molecule has 0 spiro atoms. The van der Waals surface area contributed by atoms with Crippen molar-refractivity contribution in [2.24, 2.45) is 0 Å². The van der Waals surface area contributed by atoms with Crippen molar-refractivity contribution in [3.63, 3.8) is 0 Å². The molecule has 0 saturated heterocycles. The smallest absolute Gasteiger partial charge is 0.0563 e. The molecule has 0 aromatic carbocycles. The molecule has 0 aliphatic carbocycles. The Morgan fingerprint density at radius 2 is 1.22 bits per heavy atom. The predicted octanol–water partition coefficient (Wildman–Crippen LogP) is 4.84. The van der Waals surface area contributed by atoms with Crippen molar-refractivity contribution in [1.29, 1.82) is 0 Å². The van der Waals surface area contributed by atoms with Crippen LogP contribution in [0.25, 0.3) is 0 Å². The van der Waals surface area contributed by atoms with Gasteiger partial charge in [-0.25, -0.2) is 0 Å². The summed E-state index contributed by atoms with van der Waals surface area (Å²) in [5, 5.41) is 8.52. The van der Waals surface area contributed by atoms with Gasteiger partial charge in [0.05, 0.1) is 5.60 Å². The van der Waals surface area contributed by atoms with Crippen molar-refractivity contribution in [1.82, 2.24) is 4.98 Å². The highest BCUT2D eigenvalue weighted by atomic mass is 16.3. The minimum absolute atomic E-state index is 0.500. The summed E-state index contributed by atoms with van der Waals surface area (Å²) in [5.74, 6) is 0. The van der Waals surface area contributed by atoms with Gasteiger partial charge in [-0.1, -0.05) is 52.0 Å². The number of nitrogens with zero attached hydrogens (tertiary/aromatic N) is 1. The lowest BCUT2D eigenvalue weighted by molar-refractivity contribution is 0.102. The van der Waals surface area contributed by atoms with E-state index in [-0.39, 0.29) is 0 Å². The SMILES string of the molecule is CC(C)(C)O.CCCCCCC.c1ccncc1. The first-order valence-electron chi connectivity index (χ1n) is 6.99. The molecule has 106 valence electrons. The fourth-order valence-electron chi connectivity index (χ4n) is 0.989. The Morgan fingerprint density at radius 3 is 1.39 bits per heavy atom. The fraction of sp³-hybridized carbons (Fsp3) is 0.688. The van der Waals surface area contributed by atoms with E-state index in [9.17, 15) is 0 Å². The molecular weight excluding hydrogens is 222 g/mol. The Kier molecular flexibility index (Phi) is 15.3. The second kappa shape index (κ2) is 14.2. The number of aromatic nitrogens is 1. The molecule has 18 heavy (non-hydrogen) atoms. The van der Waals surface area contributed by atoms with Gasteiger partial charge in [-0.05, 0) is 32.9 Å². The Labute approximate surface area is 113 Å². The number of hydrogen-bond donors (Lipinski definition) is 1. The minimum Gasteiger partial charge on any atom is -0.391 e. The maximum Gasteiger partial charge on any atom is 0.0563 e. The van der Waals surface area contributed by atoms with Crippen LogP contribution in [0.3, 0.4) is 0 Å². The van der Waals surface area contributed by atoms with Crippen molar-refractivity contribution < 1.29 is 5.11 Å². The number of unbranched alkanes of at least 4 members (excludes halogenated alkanes) is 4. The van der Waals surface area contributed by atoms with E-state index in [4.69, 9.17) is 5.11 Å². The first-order valence-corrected chi connectivity index (χ1v) is 6.99. The van der Waals surface area contributed by atoms with E-state index in [1.165, 1.54) is 32.1 Å². The van der Waals surface area contributed by atoms with Crippen LogP contribution in [0, 0.1) is 0 Å². The second-order valence-corrected chi connectivity index (χ2v) is 5.26. The van der Waals surface area contributed by atoms with Gasteiger partial charge in [0.2, 0.25) is 0 Å². The highest BCUT2D eigenvalue weighted by Crippen LogP contribution is 2.00. The van der Waals surface area contributed by atoms with Gasteiger partial charge in [-0.2, -0.15) is 0 Å². The average Bonchev–Trinajstić information content (AvgIpc) is 2.31. The standard InChI is InChI=1S/C7H16.C5H5N.C4H10O/c1-3-5-7-6-4-2;1-2-4-6-5-3-1;1-4(2,3)5/h3-7H2,1-2H3;1-5H;5H,1-3H3. The summed E-state index contributed by atoms with van der Waals surface area (Å²) in [7, 11) is 0. The summed E-state index contributed by atoms with van der Waals surface area (Å²) in [6, 6.07) is 5.72. The Morgan fingerprint density at radius 1 is 0.833 bits per heavy atom. The first kappa shape index (κ1) is 19.4. The highest BCUT2D eigenvalue weighted by Gasteiger charge is 1.97. The molecule has 2 heteroatoms. The number of rotatable bonds is 4. The van der Waals surface area contributed by atoms with E-state index in [2.05, 4.69) is 18.8 Å². The van der Waals surface area contributed by atoms with Gasteiger partial charge in [0, 0.05) is 12.4 Å². The van der Waals surface area contributed by atoms with E-state index in [1.807, 2.05) is 18.2 Å². The Hall–Kier alpha value is -0.890. The van der Waals surface area contributed by atoms with E-state index < -0.39 is 5.60 Å². The van der Waals surface area contributed by atoms with Gasteiger partial charge >= 0.3 is 0 Å². The summed E-state index contributed by atoms with van der Waals surface area (Å²) in [6.07, 6.45) is 10.5. The molecule has 1 rings (SSSR count). The molecule has 1 aromatic rings. The van der Waals surface area contributed by atoms with Gasteiger partial charge < -0.3 is 5.11 Å². The van der Waals surface area contributed by atoms with Crippen molar-refractivity contribution in [3.8, 4) is 0 Å². The molecule has 1 heterocycles. The van der Waals surface area contributed by atoms with Crippen LogP contribution in [0.2, 0.25) is 0 Å². The highest BCUT2D eigenvalue weighted by molar-refractivity contribution is 4.88. The van der Waals surface area contributed by atoms with E-state index in [1.54, 1.807) is 33.2 Å². The zero-order valence-corrected chi connectivity index (χ0v) is 12.8. The summed E-state index contributed by atoms with van der Waals surface area (Å²) >= 11 is 0. The zero-order valence-electron chi connectivity index (χ0n) is 12.8. The molecule has 1 aromatic heterocycles. The molecule has 0 aliphatic rings. The summed E-state index contributed by atoms with van der Waals surface area (Å²) in [5.41, 5.74) is -0.500. The second-order valence-electron chi connectivity index (χ2n) is 5.26. The molecule has 2 nitrogen and oxygen atoms in total. The third kappa shape index (κ3) is 36.2. The summed E-state index contributed by atoms with van der Waals surface area (Å²) in [6.45, 7) is 9.72. The topological polar surface area (TPSA) is 33.1 Å². The van der Waals surface area contributed by atoms with Crippen LogP contribution in [-0.4, -0.2) is 15.7 Å². The molecule has 0 radical (unpaired) electrons. The maximum absolute atomic E-state index is 8.52. The summed E-state index contributed by atoms with van der Waals surface area (Å²) < 4.78 is 0. The molecule has 0 fully saturated rings. The zero-order chi connectivity index (χ0) is 14.3. The van der Waals surface area contributed by atoms with Crippen molar-refractivity contribution in [3.05, 3.63) is 30.6 Å². The largest absolute Gasteiger partial charge is 0.391 e. The molecule has 0 amide bonds. The lowest BCUT2D eigenvalue weighted by Crippen LogP contribution is -2.10. The van der Waals surface area contributed by atoms with E-state index in [0.29, 0.717) is 0 Å². The van der Waals surface area contributed by atoms with Gasteiger partial charge in [0.25, 0.3) is 0 Å². The predicted molar refractivity (Wildman–Crippen MR) is 80.6 cm³/mol. The average molecular weight is 253 g/mol. The molecule has 0 atom stereocenters. The number of aliphatic hydroxyl groups is 1. The first-order chi connectivity index (χ1) is 8.41. The van der Waals surface area contributed by atoms with Crippen molar-refractivity contribution in [2.45, 2.75) is 72.3 Å². The number of hydrogen-bond acceptors (Lipinski definition) is 2. The van der Waals surface area contributed by atoms with Gasteiger partial charge in [0.1, 0.15) is 0 Å². The van der Waals surface area contributed by atoms with Crippen LogP contribution >= 0.6 is 0 Å². The number of pyridine rings is 1. The van der Waals surface area contributed by atoms with Gasteiger partial charge in [-0.15, -0.1) is 0 Å². The van der Waals surface area contributed by atoms with Crippen LogP contribution in [0.5, 0.6) is 0 Å². The molecule has 0 saturated carbocycles. The van der Waals surface area contributed by atoms with Gasteiger partial charge in [-0.3, -0.25) is 4.98 Å². The third-order valence-electron chi connectivity index (χ3n) is 1.77. The summed E-state index contributed by atoms with van der Waals surface area (Å²) in [4.78, 5) is 3.78. The monoisotopic (exact) mass is 253 g/mol. The van der Waals surface area contributed by atoms with E-state index in [0.717, 1.165) is 0 Å². The van der Waals surface area contributed by atoms with Crippen LogP contribution in [-0.2, 0) is 0 Å². The third-order valence-corrected chi connectivity index (χ3v) is 1.77. The minimum atomic E-state index is -0.500. The molecule has 0 bridgehead atoms. The lowest BCUT2D eigenvalue weighted by Gasteiger charge is -2.04. The van der Waals surface area contributed by atoms with Crippen LogP contribution in [0.1, 0.15) is 66.7 Å². The fourth-order valence-corrected chi connectivity index (χ4v) is 0.989. The molecule has 0 aliphatic heterocycles. The van der Waals surface area contributed by atoms with Crippen LogP contribution in [0.15, 0.2) is 30.6 Å². The van der Waals surface area contributed by atoms with Crippen molar-refractivity contribution >= 4 is 0 Å². The molecule has 1 N–H and O–H groups in total.